The molecule has 0 aliphatic rings. The van der Waals surface area contributed by atoms with E-state index in [1.807, 2.05) is 0 Å². The molecule has 0 saturated carbocycles. The third-order valence-corrected chi connectivity index (χ3v) is 2.19. The second-order valence-electron chi connectivity index (χ2n) is 3.89. The van der Waals surface area contributed by atoms with Crippen LogP contribution < -0.4 is 0 Å². The lowest BCUT2D eigenvalue weighted by atomic mass is 9.92. The Morgan fingerprint density at radius 2 is 1.83 bits per heavy atom. The predicted octanol–water partition coefficient (Wildman–Crippen LogP) is 2.07. The van der Waals surface area contributed by atoms with E-state index >= 15 is 0 Å². The Morgan fingerprint density at radius 3 is 2.17 bits per heavy atom. The standard InChI is InChI=1S/C10H22O2/c1-8(2)7-9(3)10(12-4)5-6-11/h8-11H,5-7H2,1-4H3. The van der Waals surface area contributed by atoms with Gasteiger partial charge in [0.25, 0.3) is 0 Å². The van der Waals surface area contributed by atoms with Crippen LogP contribution in [0.15, 0.2) is 0 Å². The number of rotatable bonds is 6. The Labute approximate surface area is 75.9 Å². The second-order valence-corrected chi connectivity index (χ2v) is 3.89. The summed E-state index contributed by atoms with van der Waals surface area (Å²) in [6, 6.07) is 0. The van der Waals surface area contributed by atoms with E-state index in [1.165, 1.54) is 6.42 Å². The zero-order valence-corrected chi connectivity index (χ0v) is 8.71. The summed E-state index contributed by atoms with van der Waals surface area (Å²) in [5.74, 6) is 1.25. The van der Waals surface area contributed by atoms with Crippen LogP contribution in [0.1, 0.15) is 33.6 Å². The summed E-state index contributed by atoms with van der Waals surface area (Å²) in [4.78, 5) is 0. The molecule has 0 aliphatic carbocycles. The predicted molar refractivity (Wildman–Crippen MR) is 51.1 cm³/mol. The van der Waals surface area contributed by atoms with Crippen LogP contribution in [0.4, 0.5) is 0 Å². The number of methoxy groups -OCH3 is 1. The zero-order chi connectivity index (χ0) is 9.56. The second kappa shape index (κ2) is 6.44. The lowest BCUT2D eigenvalue weighted by Crippen LogP contribution is -2.23. The summed E-state index contributed by atoms with van der Waals surface area (Å²) >= 11 is 0. The Balaban J connectivity index is 3.76. The Bertz CT molecular complexity index is 102. The zero-order valence-electron chi connectivity index (χ0n) is 8.71. The fourth-order valence-electron chi connectivity index (χ4n) is 1.66. The van der Waals surface area contributed by atoms with Gasteiger partial charge in [0.05, 0.1) is 6.10 Å². The van der Waals surface area contributed by atoms with Gasteiger partial charge in [-0.2, -0.15) is 0 Å². The molecule has 0 radical (unpaired) electrons. The van der Waals surface area contributed by atoms with Crippen molar-refractivity contribution < 1.29 is 9.84 Å². The third-order valence-electron chi connectivity index (χ3n) is 2.19. The van der Waals surface area contributed by atoms with Gasteiger partial charge >= 0.3 is 0 Å². The molecule has 0 heterocycles. The quantitative estimate of drug-likeness (QED) is 0.668. The summed E-state index contributed by atoms with van der Waals surface area (Å²) in [6.45, 7) is 6.83. The SMILES string of the molecule is COC(CCO)C(C)CC(C)C. The molecule has 0 saturated heterocycles. The first kappa shape index (κ1) is 11.9. The van der Waals surface area contributed by atoms with Crippen LogP contribution in [-0.4, -0.2) is 24.9 Å². The van der Waals surface area contributed by atoms with E-state index in [4.69, 9.17) is 9.84 Å². The topological polar surface area (TPSA) is 29.5 Å². The van der Waals surface area contributed by atoms with Gasteiger partial charge in [0.15, 0.2) is 0 Å². The highest BCUT2D eigenvalue weighted by molar-refractivity contribution is 4.67. The molecule has 2 unspecified atom stereocenters. The van der Waals surface area contributed by atoms with E-state index in [-0.39, 0.29) is 12.7 Å². The number of aliphatic hydroxyl groups is 1. The van der Waals surface area contributed by atoms with Gasteiger partial charge in [-0.1, -0.05) is 20.8 Å². The Morgan fingerprint density at radius 1 is 1.25 bits per heavy atom. The molecule has 12 heavy (non-hydrogen) atoms. The summed E-state index contributed by atoms with van der Waals surface area (Å²) in [5.41, 5.74) is 0. The van der Waals surface area contributed by atoms with Crippen molar-refractivity contribution >= 4 is 0 Å². The Hall–Kier alpha value is -0.0800. The molecule has 2 heteroatoms. The molecule has 0 aromatic rings. The van der Waals surface area contributed by atoms with Crippen LogP contribution in [0.3, 0.4) is 0 Å². The molecule has 0 rings (SSSR count). The molecule has 0 aromatic heterocycles. The van der Waals surface area contributed by atoms with Gasteiger partial charge in [-0.3, -0.25) is 0 Å². The number of ether oxygens (including phenoxy) is 1. The van der Waals surface area contributed by atoms with Crippen molar-refractivity contribution in [3.63, 3.8) is 0 Å². The van der Waals surface area contributed by atoms with Crippen molar-refractivity contribution in [2.45, 2.75) is 39.7 Å². The summed E-state index contributed by atoms with van der Waals surface area (Å²) < 4.78 is 5.29. The molecule has 0 amide bonds. The maximum absolute atomic E-state index is 8.77. The van der Waals surface area contributed by atoms with Crippen molar-refractivity contribution in [2.75, 3.05) is 13.7 Å². The molecule has 0 spiro atoms. The molecule has 0 aromatic carbocycles. The lowest BCUT2D eigenvalue weighted by molar-refractivity contribution is 0.0313. The molecule has 0 aliphatic heterocycles. The normalized spacial score (nSPS) is 16.5. The molecular weight excluding hydrogens is 152 g/mol. The smallest absolute Gasteiger partial charge is 0.0618 e. The molecule has 2 nitrogen and oxygen atoms in total. The summed E-state index contributed by atoms with van der Waals surface area (Å²) in [7, 11) is 1.72. The number of hydrogen-bond acceptors (Lipinski definition) is 2. The van der Waals surface area contributed by atoms with E-state index < -0.39 is 0 Å². The first-order valence-electron chi connectivity index (χ1n) is 4.75. The minimum absolute atomic E-state index is 0.220. The summed E-state index contributed by atoms with van der Waals surface area (Å²) in [5, 5.41) is 8.77. The van der Waals surface area contributed by atoms with E-state index in [0.717, 1.165) is 6.42 Å². The van der Waals surface area contributed by atoms with Crippen LogP contribution in [-0.2, 0) is 4.74 Å². The number of hydrogen-bond donors (Lipinski definition) is 1. The van der Waals surface area contributed by atoms with E-state index in [9.17, 15) is 0 Å². The van der Waals surface area contributed by atoms with Crippen molar-refractivity contribution in [1.29, 1.82) is 0 Å². The van der Waals surface area contributed by atoms with Gasteiger partial charge in [0.2, 0.25) is 0 Å². The van der Waals surface area contributed by atoms with Crippen molar-refractivity contribution in [3.05, 3.63) is 0 Å². The maximum atomic E-state index is 8.77. The number of aliphatic hydroxyl groups excluding tert-OH is 1. The lowest BCUT2D eigenvalue weighted by Gasteiger charge is -2.23. The molecule has 0 bridgehead atoms. The monoisotopic (exact) mass is 174 g/mol. The first-order valence-corrected chi connectivity index (χ1v) is 4.75. The van der Waals surface area contributed by atoms with Gasteiger partial charge in [0.1, 0.15) is 0 Å². The van der Waals surface area contributed by atoms with Crippen LogP contribution in [0.25, 0.3) is 0 Å². The minimum Gasteiger partial charge on any atom is -0.396 e. The average Bonchev–Trinajstić information content (AvgIpc) is 1.98. The van der Waals surface area contributed by atoms with Crippen molar-refractivity contribution in [2.24, 2.45) is 11.8 Å². The largest absolute Gasteiger partial charge is 0.396 e. The van der Waals surface area contributed by atoms with Crippen molar-refractivity contribution in [1.82, 2.24) is 0 Å². The van der Waals surface area contributed by atoms with Gasteiger partial charge in [-0.15, -0.1) is 0 Å². The molecule has 2 atom stereocenters. The Kier molecular flexibility index (Phi) is 6.39. The van der Waals surface area contributed by atoms with Gasteiger partial charge < -0.3 is 9.84 Å². The molecular formula is C10H22O2. The van der Waals surface area contributed by atoms with Crippen LogP contribution in [0, 0.1) is 11.8 Å². The van der Waals surface area contributed by atoms with Crippen LogP contribution in [0.2, 0.25) is 0 Å². The summed E-state index contributed by atoms with van der Waals surface area (Å²) in [6.07, 6.45) is 2.14. The molecule has 74 valence electrons. The molecule has 1 N–H and O–H groups in total. The fraction of sp³-hybridized carbons (Fsp3) is 1.00. The van der Waals surface area contributed by atoms with E-state index in [2.05, 4.69) is 20.8 Å². The third kappa shape index (κ3) is 4.73. The molecule has 0 fully saturated rings. The average molecular weight is 174 g/mol. The van der Waals surface area contributed by atoms with E-state index in [1.54, 1.807) is 7.11 Å². The van der Waals surface area contributed by atoms with Crippen molar-refractivity contribution in [3.8, 4) is 0 Å². The highest BCUT2D eigenvalue weighted by atomic mass is 16.5. The van der Waals surface area contributed by atoms with E-state index in [0.29, 0.717) is 11.8 Å². The highest BCUT2D eigenvalue weighted by Gasteiger charge is 2.16. The van der Waals surface area contributed by atoms with Gasteiger partial charge in [-0.05, 0) is 24.7 Å². The van der Waals surface area contributed by atoms with Crippen LogP contribution >= 0.6 is 0 Å². The highest BCUT2D eigenvalue weighted by Crippen LogP contribution is 2.18. The van der Waals surface area contributed by atoms with Gasteiger partial charge in [0, 0.05) is 13.7 Å². The minimum atomic E-state index is 0.220. The van der Waals surface area contributed by atoms with Gasteiger partial charge in [-0.25, -0.2) is 0 Å². The fourth-order valence-corrected chi connectivity index (χ4v) is 1.66. The maximum Gasteiger partial charge on any atom is 0.0618 e. The first-order chi connectivity index (χ1) is 5.61. The van der Waals surface area contributed by atoms with Crippen LogP contribution in [0.5, 0.6) is 0 Å².